The minimum absolute atomic E-state index is 0.128. The van der Waals surface area contributed by atoms with Gasteiger partial charge in [0.05, 0.1) is 21.2 Å². The molecule has 0 aliphatic rings. The molecule has 13 heteroatoms. The average molecular weight is 493 g/mol. The quantitative estimate of drug-likeness (QED) is 0.534. The Labute approximate surface area is 184 Å². The standard InChI is InChI=1S/C18H13Cl2F3N4O3S/c1-27-6-5-16(25-27)24-17(28)12-8-15(14(20)9-13(12)19)31(29,30)26-11-4-2-3-10(7-11)18(21,22)23/h2-9,26H,1H3,(H,24,25,28). The Morgan fingerprint density at radius 3 is 2.42 bits per heavy atom. The molecule has 0 saturated heterocycles. The van der Waals surface area contributed by atoms with Crippen LogP contribution in [0.5, 0.6) is 0 Å². The van der Waals surface area contributed by atoms with Gasteiger partial charge in [-0.1, -0.05) is 29.3 Å². The number of rotatable bonds is 5. The van der Waals surface area contributed by atoms with Crippen LogP contribution in [-0.4, -0.2) is 24.1 Å². The predicted octanol–water partition coefficient (Wildman–Crippen LogP) is 4.80. The number of benzene rings is 2. The number of aryl methyl sites for hydroxylation is 1. The number of hydrogen-bond acceptors (Lipinski definition) is 4. The summed E-state index contributed by atoms with van der Waals surface area (Å²) in [5.41, 5.74) is -1.59. The van der Waals surface area contributed by atoms with Crippen molar-refractivity contribution in [3.05, 3.63) is 69.8 Å². The third-order valence-corrected chi connectivity index (χ3v) is 6.11. The first kappa shape index (κ1) is 22.9. The number of sulfonamides is 1. The molecule has 0 aliphatic heterocycles. The second kappa shape index (κ2) is 8.40. The van der Waals surface area contributed by atoms with Crippen molar-refractivity contribution in [2.24, 2.45) is 7.05 Å². The molecular formula is C18H13Cl2F3N4O3S. The normalized spacial score (nSPS) is 11.9. The van der Waals surface area contributed by atoms with E-state index in [9.17, 15) is 26.4 Å². The third kappa shape index (κ3) is 5.30. The number of amides is 1. The number of nitrogens with one attached hydrogen (secondary N) is 2. The first-order chi connectivity index (χ1) is 14.4. The third-order valence-electron chi connectivity index (χ3n) is 3.95. The summed E-state index contributed by atoms with van der Waals surface area (Å²) >= 11 is 12.0. The highest BCUT2D eigenvalue weighted by atomic mass is 35.5. The summed E-state index contributed by atoms with van der Waals surface area (Å²) in [4.78, 5) is 12.0. The Morgan fingerprint density at radius 2 is 1.81 bits per heavy atom. The lowest BCUT2D eigenvalue weighted by Gasteiger charge is -2.13. The van der Waals surface area contributed by atoms with Crippen LogP contribution in [0.2, 0.25) is 10.0 Å². The fourth-order valence-corrected chi connectivity index (χ4v) is 4.45. The van der Waals surface area contributed by atoms with Crippen molar-refractivity contribution in [1.29, 1.82) is 0 Å². The van der Waals surface area contributed by atoms with E-state index in [4.69, 9.17) is 23.2 Å². The Bertz CT molecular complexity index is 1260. The number of hydrogen-bond donors (Lipinski definition) is 2. The fraction of sp³-hybridized carbons (Fsp3) is 0.111. The van der Waals surface area contributed by atoms with Crippen LogP contribution in [0.1, 0.15) is 15.9 Å². The zero-order chi connectivity index (χ0) is 23.0. The van der Waals surface area contributed by atoms with E-state index < -0.39 is 32.6 Å². The molecule has 0 fully saturated rings. The van der Waals surface area contributed by atoms with Crippen LogP contribution in [0.25, 0.3) is 0 Å². The average Bonchev–Trinajstić information content (AvgIpc) is 3.05. The lowest BCUT2D eigenvalue weighted by atomic mass is 10.2. The van der Waals surface area contributed by atoms with Crippen molar-refractivity contribution in [1.82, 2.24) is 9.78 Å². The van der Waals surface area contributed by atoms with E-state index in [0.29, 0.717) is 6.07 Å². The van der Waals surface area contributed by atoms with Crippen LogP contribution in [0.3, 0.4) is 0 Å². The monoisotopic (exact) mass is 492 g/mol. The lowest BCUT2D eigenvalue weighted by Crippen LogP contribution is -2.17. The number of anilines is 2. The van der Waals surface area contributed by atoms with Crippen molar-refractivity contribution in [3.8, 4) is 0 Å². The van der Waals surface area contributed by atoms with Gasteiger partial charge in [-0.05, 0) is 30.3 Å². The summed E-state index contributed by atoms with van der Waals surface area (Å²) in [7, 11) is -2.82. The number of nitrogens with zero attached hydrogens (tertiary/aromatic N) is 2. The van der Waals surface area contributed by atoms with Crippen molar-refractivity contribution in [2.45, 2.75) is 11.1 Å². The molecule has 164 valence electrons. The van der Waals surface area contributed by atoms with E-state index in [1.807, 2.05) is 4.72 Å². The first-order valence-corrected chi connectivity index (χ1v) is 10.6. The molecular weight excluding hydrogens is 480 g/mol. The van der Waals surface area contributed by atoms with E-state index in [-0.39, 0.29) is 27.1 Å². The molecule has 0 atom stereocenters. The second-order valence-electron chi connectivity index (χ2n) is 6.28. The lowest BCUT2D eigenvalue weighted by molar-refractivity contribution is -0.137. The van der Waals surface area contributed by atoms with E-state index in [2.05, 4.69) is 10.4 Å². The maximum atomic E-state index is 12.9. The molecule has 1 amide bonds. The van der Waals surface area contributed by atoms with Crippen LogP contribution in [0.4, 0.5) is 24.7 Å². The highest BCUT2D eigenvalue weighted by Crippen LogP contribution is 2.33. The van der Waals surface area contributed by atoms with Crippen LogP contribution >= 0.6 is 23.2 Å². The van der Waals surface area contributed by atoms with Gasteiger partial charge < -0.3 is 5.32 Å². The molecule has 1 heterocycles. The van der Waals surface area contributed by atoms with E-state index in [0.717, 1.165) is 30.3 Å². The van der Waals surface area contributed by atoms with Gasteiger partial charge in [0.15, 0.2) is 5.82 Å². The van der Waals surface area contributed by atoms with Crippen molar-refractivity contribution < 1.29 is 26.4 Å². The second-order valence-corrected chi connectivity index (χ2v) is 8.74. The van der Waals surface area contributed by atoms with E-state index in [1.54, 1.807) is 13.2 Å². The summed E-state index contributed by atoms with van der Waals surface area (Å²) in [5.74, 6) is -0.555. The molecule has 1 aromatic heterocycles. The minimum atomic E-state index is -4.66. The van der Waals surface area contributed by atoms with Crippen molar-refractivity contribution in [3.63, 3.8) is 0 Å². The number of carbonyl (C=O) groups excluding carboxylic acids is 1. The van der Waals surface area contributed by atoms with E-state index in [1.165, 1.54) is 10.7 Å². The van der Waals surface area contributed by atoms with Crippen molar-refractivity contribution in [2.75, 3.05) is 10.0 Å². The van der Waals surface area contributed by atoms with Gasteiger partial charge in [0.1, 0.15) is 4.90 Å². The number of carbonyl (C=O) groups is 1. The minimum Gasteiger partial charge on any atom is -0.305 e. The fourth-order valence-electron chi connectivity index (χ4n) is 2.54. The predicted molar refractivity (Wildman–Crippen MR) is 110 cm³/mol. The topological polar surface area (TPSA) is 93.1 Å². The molecule has 2 aromatic carbocycles. The summed E-state index contributed by atoms with van der Waals surface area (Å²) in [6.07, 6.45) is -3.08. The largest absolute Gasteiger partial charge is 0.416 e. The van der Waals surface area contributed by atoms with Gasteiger partial charge in [-0.25, -0.2) is 8.42 Å². The van der Waals surface area contributed by atoms with Crippen LogP contribution in [0, 0.1) is 0 Å². The number of halogens is 5. The van der Waals surface area contributed by atoms with Gasteiger partial charge >= 0.3 is 6.18 Å². The summed E-state index contributed by atoms with van der Waals surface area (Å²) in [6.45, 7) is 0. The zero-order valence-electron chi connectivity index (χ0n) is 15.5. The molecule has 31 heavy (non-hydrogen) atoms. The van der Waals surface area contributed by atoms with Crippen LogP contribution in [-0.2, 0) is 23.2 Å². The molecule has 0 bridgehead atoms. The first-order valence-electron chi connectivity index (χ1n) is 8.37. The van der Waals surface area contributed by atoms with Gasteiger partial charge in [0.2, 0.25) is 0 Å². The summed E-state index contributed by atoms with van der Waals surface area (Å²) < 4.78 is 67.7. The molecule has 0 aliphatic carbocycles. The highest BCUT2D eigenvalue weighted by Gasteiger charge is 2.31. The SMILES string of the molecule is Cn1ccc(NC(=O)c2cc(S(=O)(=O)Nc3cccc(C(F)(F)F)c3)c(Cl)cc2Cl)n1. The molecule has 7 nitrogen and oxygen atoms in total. The maximum absolute atomic E-state index is 12.9. The molecule has 0 unspecified atom stereocenters. The Hall–Kier alpha value is -2.76. The van der Waals surface area contributed by atoms with Gasteiger partial charge in [-0.2, -0.15) is 18.3 Å². The smallest absolute Gasteiger partial charge is 0.305 e. The molecule has 0 saturated carbocycles. The molecule has 0 radical (unpaired) electrons. The Morgan fingerprint density at radius 1 is 1.10 bits per heavy atom. The number of aromatic nitrogens is 2. The number of alkyl halides is 3. The molecule has 2 N–H and O–H groups in total. The Kier molecular flexibility index (Phi) is 6.21. The maximum Gasteiger partial charge on any atom is 0.416 e. The van der Waals surface area contributed by atoms with Gasteiger partial charge in [0.25, 0.3) is 15.9 Å². The van der Waals surface area contributed by atoms with Gasteiger partial charge in [0, 0.05) is 25.0 Å². The highest BCUT2D eigenvalue weighted by molar-refractivity contribution is 7.92. The van der Waals surface area contributed by atoms with Crippen LogP contribution < -0.4 is 10.0 Å². The van der Waals surface area contributed by atoms with Gasteiger partial charge in [-0.3, -0.25) is 14.2 Å². The van der Waals surface area contributed by atoms with Crippen LogP contribution in [0.15, 0.2) is 53.6 Å². The Balaban J connectivity index is 1.94. The van der Waals surface area contributed by atoms with E-state index >= 15 is 0 Å². The summed E-state index contributed by atoms with van der Waals surface area (Å²) in [6, 6.07) is 7.12. The zero-order valence-corrected chi connectivity index (χ0v) is 17.9. The molecule has 3 aromatic rings. The molecule has 0 spiro atoms. The summed E-state index contributed by atoms with van der Waals surface area (Å²) in [5, 5.41) is 5.98. The molecule has 3 rings (SSSR count). The van der Waals surface area contributed by atoms with Gasteiger partial charge in [-0.15, -0.1) is 0 Å². The van der Waals surface area contributed by atoms with Crippen molar-refractivity contribution >= 4 is 50.6 Å².